The lowest BCUT2D eigenvalue weighted by Gasteiger charge is -2.08. The number of anilines is 1. The minimum Gasteiger partial charge on any atom is -0.494 e. The van der Waals surface area contributed by atoms with Crippen molar-refractivity contribution in [3.8, 4) is 5.75 Å². The Morgan fingerprint density at radius 2 is 1.93 bits per heavy atom. The van der Waals surface area contributed by atoms with Gasteiger partial charge in [-0.1, -0.05) is 31.5 Å². The van der Waals surface area contributed by atoms with Gasteiger partial charge in [0.2, 0.25) is 0 Å². The second-order valence-electron chi connectivity index (χ2n) is 6.69. The monoisotopic (exact) mass is 434 g/mol. The molecule has 4 nitrogen and oxygen atoms in total. The van der Waals surface area contributed by atoms with Gasteiger partial charge in [0.1, 0.15) is 5.75 Å². The van der Waals surface area contributed by atoms with E-state index in [0.29, 0.717) is 35.0 Å². The summed E-state index contributed by atoms with van der Waals surface area (Å²) in [7, 11) is 0. The Labute approximate surface area is 176 Å². The number of carbonyl (C=O) groups is 1. The van der Waals surface area contributed by atoms with Crippen LogP contribution in [-0.2, 0) is 12.6 Å². The first-order valence-corrected chi connectivity index (χ1v) is 10.3. The number of nitrogens with zero attached hydrogens (tertiary/aromatic N) is 1. The Balaban J connectivity index is 1.59. The molecule has 0 bridgehead atoms. The van der Waals surface area contributed by atoms with Crippen molar-refractivity contribution in [1.82, 2.24) is 4.98 Å². The number of alkyl halides is 3. The molecule has 0 atom stereocenters. The number of ether oxygens (including phenoxy) is 1. The molecule has 1 N–H and O–H groups in total. The molecule has 3 rings (SSSR count). The zero-order valence-corrected chi connectivity index (χ0v) is 17.1. The molecule has 2 aromatic carbocycles. The van der Waals surface area contributed by atoms with Crippen molar-refractivity contribution in [2.45, 2.75) is 32.4 Å². The number of rotatable bonds is 8. The molecule has 0 spiro atoms. The second kappa shape index (κ2) is 9.75. The molecule has 0 saturated carbocycles. The second-order valence-corrected chi connectivity index (χ2v) is 7.80. The zero-order valence-electron chi connectivity index (χ0n) is 16.3. The van der Waals surface area contributed by atoms with E-state index in [4.69, 9.17) is 4.74 Å². The summed E-state index contributed by atoms with van der Waals surface area (Å²) in [6, 6.07) is 12.0. The fourth-order valence-corrected chi connectivity index (χ4v) is 3.55. The molecule has 30 heavy (non-hydrogen) atoms. The molecule has 0 aliphatic heterocycles. The highest BCUT2D eigenvalue weighted by Crippen LogP contribution is 2.30. The number of benzene rings is 2. The molecule has 158 valence electrons. The van der Waals surface area contributed by atoms with Crippen LogP contribution in [0.15, 0.2) is 54.7 Å². The van der Waals surface area contributed by atoms with Crippen LogP contribution >= 0.6 is 11.3 Å². The van der Waals surface area contributed by atoms with Crippen molar-refractivity contribution >= 4 is 22.4 Å². The van der Waals surface area contributed by atoms with Gasteiger partial charge in [-0.3, -0.25) is 10.1 Å². The van der Waals surface area contributed by atoms with Crippen LogP contribution in [0.5, 0.6) is 5.75 Å². The number of hydrogen-bond donors (Lipinski definition) is 1. The van der Waals surface area contributed by atoms with Gasteiger partial charge in [-0.05, 0) is 42.3 Å². The van der Waals surface area contributed by atoms with E-state index in [-0.39, 0.29) is 5.91 Å². The first kappa shape index (κ1) is 21.8. The average molecular weight is 434 g/mol. The van der Waals surface area contributed by atoms with E-state index in [1.54, 1.807) is 36.5 Å². The van der Waals surface area contributed by atoms with Gasteiger partial charge in [-0.2, -0.15) is 13.2 Å². The first-order chi connectivity index (χ1) is 14.3. The third-order valence-corrected chi connectivity index (χ3v) is 5.20. The van der Waals surface area contributed by atoms with Gasteiger partial charge in [0.25, 0.3) is 5.91 Å². The molecular weight excluding hydrogens is 413 g/mol. The molecule has 0 radical (unpaired) electrons. The molecule has 0 aliphatic rings. The van der Waals surface area contributed by atoms with Gasteiger partial charge in [0, 0.05) is 23.1 Å². The number of thiazole rings is 1. The average Bonchev–Trinajstić information content (AvgIpc) is 3.15. The molecule has 8 heteroatoms. The molecule has 1 aromatic heterocycles. The van der Waals surface area contributed by atoms with Crippen molar-refractivity contribution < 1.29 is 22.7 Å². The zero-order chi connectivity index (χ0) is 21.6. The van der Waals surface area contributed by atoms with Crippen LogP contribution in [0.25, 0.3) is 0 Å². The summed E-state index contributed by atoms with van der Waals surface area (Å²) in [4.78, 5) is 17.3. The first-order valence-electron chi connectivity index (χ1n) is 9.50. The summed E-state index contributed by atoms with van der Waals surface area (Å²) in [5.41, 5.74) is 0.317. The van der Waals surface area contributed by atoms with Crippen LogP contribution in [-0.4, -0.2) is 17.5 Å². The third-order valence-electron chi connectivity index (χ3n) is 4.29. The van der Waals surface area contributed by atoms with Crippen molar-refractivity contribution in [2.75, 3.05) is 11.9 Å². The Hall–Kier alpha value is -2.87. The van der Waals surface area contributed by atoms with Gasteiger partial charge < -0.3 is 4.74 Å². The fraction of sp³-hybridized carbons (Fsp3) is 0.273. The Kier molecular flexibility index (Phi) is 7.10. The molecule has 0 saturated heterocycles. The maximum absolute atomic E-state index is 12.9. The fourth-order valence-electron chi connectivity index (χ4n) is 2.71. The highest BCUT2D eigenvalue weighted by atomic mass is 32.1. The van der Waals surface area contributed by atoms with Crippen LogP contribution < -0.4 is 10.1 Å². The van der Waals surface area contributed by atoms with Crippen molar-refractivity contribution in [2.24, 2.45) is 0 Å². The van der Waals surface area contributed by atoms with Crippen molar-refractivity contribution in [3.63, 3.8) is 0 Å². The summed E-state index contributed by atoms with van der Waals surface area (Å²) in [5.74, 6) is 0.396. The predicted molar refractivity (Wildman–Crippen MR) is 111 cm³/mol. The number of hydrogen-bond acceptors (Lipinski definition) is 4. The van der Waals surface area contributed by atoms with Gasteiger partial charge >= 0.3 is 6.18 Å². The van der Waals surface area contributed by atoms with Gasteiger partial charge in [-0.15, -0.1) is 11.3 Å². The van der Waals surface area contributed by atoms with E-state index >= 15 is 0 Å². The van der Waals surface area contributed by atoms with Crippen LogP contribution in [0.4, 0.5) is 18.3 Å². The van der Waals surface area contributed by atoms with Crippen LogP contribution in [0.3, 0.4) is 0 Å². The number of aromatic nitrogens is 1. The lowest BCUT2D eigenvalue weighted by Crippen LogP contribution is -2.11. The SMILES string of the molecule is CCCCOc1ccc(C(=O)Nc2ncc(Cc3cccc(C(F)(F)F)c3)s2)cc1. The minimum absolute atomic E-state index is 0.307. The number of nitrogens with one attached hydrogen (secondary N) is 1. The van der Waals surface area contributed by atoms with Crippen molar-refractivity contribution in [3.05, 3.63) is 76.3 Å². The number of halogens is 3. The molecule has 0 fully saturated rings. The van der Waals surface area contributed by atoms with Gasteiger partial charge in [0.15, 0.2) is 5.13 Å². The van der Waals surface area contributed by atoms with E-state index < -0.39 is 11.7 Å². The lowest BCUT2D eigenvalue weighted by molar-refractivity contribution is -0.137. The lowest BCUT2D eigenvalue weighted by atomic mass is 10.1. The third kappa shape index (κ3) is 6.06. The van der Waals surface area contributed by atoms with Gasteiger partial charge in [0.05, 0.1) is 12.2 Å². The Morgan fingerprint density at radius 1 is 1.17 bits per heavy atom. The Bertz CT molecular complexity index is 985. The number of amides is 1. The summed E-state index contributed by atoms with van der Waals surface area (Å²) < 4.78 is 44.1. The molecule has 0 unspecified atom stereocenters. The summed E-state index contributed by atoms with van der Waals surface area (Å²) in [6.45, 7) is 2.72. The number of unbranched alkanes of at least 4 members (excludes halogenated alkanes) is 1. The molecule has 3 aromatic rings. The maximum Gasteiger partial charge on any atom is 0.416 e. The van der Waals surface area contributed by atoms with E-state index in [0.717, 1.165) is 29.9 Å². The van der Waals surface area contributed by atoms with E-state index in [1.807, 2.05) is 0 Å². The highest BCUT2D eigenvalue weighted by molar-refractivity contribution is 7.15. The van der Waals surface area contributed by atoms with E-state index in [2.05, 4.69) is 17.2 Å². The summed E-state index contributed by atoms with van der Waals surface area (Å²) in [6.07, 6.45) is -0.495. The summed E-state index contributed by atoms with van der Waals surface area (Å²) in [5, 5.41) is 3.11. The minimum atomic E-state index is -4.38. The quantitative estimate of drug-likeness (QED) is 0.431. The van der Waals surface area contributed by atoms with Crippen LogP contribution in [0.2, 0.25) is 0 Å². The van der Waals surface area contributed by atoms with E-state index in [9.17, 15) is 18.0 Å². The topological polar surface area (TPSA) is 51.2 Å². The van der Waals surface area contributed by atoms with E-state index in [1.165, 1.54) is 17.4 Å². The highest BCUT2D eigenvalue weighted by Gasteiger charge is 2.30. The van der Waals surface area contributed by atoms with Crippen LogP contribution in [0.1, 0.15) is 46.1 Å². The number of carbonyl (C=O) groups excluding carboxylic acids is 1. The van der Waals surface area contributed by atoms with Crippen LogP contribution in [0, 0.1) is 0 Å². The molecule has 0 aliphatic carbocycles. The molecule has 1 heterocycles. The predicted octanol–water partition coefficient (Wildman–Crippen LogP) is 6.18. The van der Waals surface area contributed by atoms with Crippen molar-refractivity contribution in [1.29, 1.82) is 0 Å². The summed E-state index contributed by atoms with van der Waals surface area (Å²) >= 11 is 1.23. The van der Waals surface area contributed by atoms with Gasteiger partial charge in [-0.25, -0.2) is 4.98 Å². The standard InChI is InChI=1S/C22H21F3N2O2S/c1-2-3-11-29-18-9-7-16(8-10-18)20(28)27-21-26-14-19(30-21)13-15-5-4-6-17(12-15)22(23,24)25/h4-10,12,14H,2-3,11,13H2,1H3,(H,26,27,28). The smallest absolute Gasteiger partial charge is 0.416 e. The maximum atomic E-state index is 12.9. The molecular formula is C22H21F3N2O2S. The normalized spacial score (nSPS) is 11.3. The Morgan fingerprint density at radius 3 is 2.63 bits per heavy atom. The molecule has 1 amide bonds. The largest absolute Gasteiger partial charge is 0.494 e.